The van der Waals surface area contributed by atoms with Crippen LogP contribution in [0.4, 0.5) is 13.2 Å². The second-order valence-corrected chi connectivity index (χ2v) is 40.3. The lowest BCUT2D eigenvalue weighted by Gasteiger charge is -2.60. The van der Waals surface area contributed by atoms with Gasteiger partial charge in [-0.1, -0.05) is 154 Å². The van der Waals surface area contributed by atoms with Gasteiger partial charge < -0.3 is 47.6 Å². The number of carbonyl (C=O) groups is 8. The van der Waals surface area contributed by atoms with Gasteiger partial charge in [-0.05, 0) is 256 Å². The van der Waals surface area contributed by atoms with Crippen molar-refractivity contribution in [3.8, 4) is 28.7 Å². The van der Waals surface area contributed by atoms with E-state index in [2.05, 4.69) is 132 Å². The quantitative estimate of drug-likeness (QED) is 0.0205. The van der Waals surface area contributed by atoms with E-state index in [0.29, 0.717) is 69.8 Å². The van der Waals surface area contributed by atoms with Gasteiger partial charge in [-0.2, -0.15) is 13.2 Å². The Balaban J connectivity index is 0.000000208. The Morgan fingerprint density at radius 2 is 1.07 bits per heavy atom. The Morgan fingerprint density at radius 1 is 0.589 bits per heavy atom. The Hall–Kier alpha value is -9.07. The number of para-hydroxylation sites is 2. The summed E-state index contributed by atoms with van der Waals surface area (Å²) < 4.78 is 116. The Labute approximate surface area is 735 Å². The van der Waals surface area contributed by atoms with Gasteiger partial charge in [0.15, 0.2) is 28.0 Å². The van der Waals surface area contributed by atoms with Crippen molar-refractivity contribution in [1.29, 1.82) is 0 Å². The van der Waals surface area contributed by atoms with E-state index in [0.717, 1.165) is 36.5 Å². The first-order valence-corrected chi connectivity index (χ1v) is 46.5. The number of phenols is 1. The summed E-state index contributed by atoms with van der Waals surface area (Å²) in [6.07, 6.45) is 3.88. The lowest BCUT2D eigenvalue weighted by atomic mass is 9.48. The van der Waals surface area contributed by atoms with E-state index in [1.807, 2.05) is 79.7 Å². The van der Waals surface area contributed by atoms with Gasteiger partial charge in [-0.3, -0.25) is 33.6 Å². The van der Waals surface area contributed by atoms with Gasteiger partial charge in [-0.15, -0.1) is 0 Å². The largest absolute Gasteiger partial charge is 0.748 e. The lowest BCUT2D eigenvalue weighted by molar-refractivity contribution is -0.239. The summed E-state index contributed by atoms with van der Waals surface area (Å²) in [7, 11) is -5.35. The van der Waals surface area contributed by atoms with Crippen molar-refractivity contribution < 1.29 is 107 Å². The van der Waals surface area contributed by atoms with E-state index in [4.69, 9.17) is 33.2 Å². The minimum atomic E-state index is -5.27. The van der Waals surface area contributed by atoms with Crippen LogP contribution in [0.2, 0.25) is 0 Å². The number of hydrogen-bond acceptors (Lipinski definition) is 20. The van der Waals surface area contributed by atoms with Crippen LogP contribution in [0.25, 0.3) is 0 Å². The number of benzene rings is 6. The summed E-state index contributed by atoms with van der Waals surface area (Å²) in [5.74, 6) is -1.88. The molecule has 6 aromatic rings. The first-order valence-electron chi connectivity index (χ1n) is 43.7. The van der Waals surface area contributed by atoms with Gasteiger partial charge in [-0.25, -0.2) is 13.2 Å². The van der Waals surface area contributed by atoms with Gasteiger partial charge in [0.2, 0.25) is 22.0 Å². The van der Waals surface area contributed by atoms with Crippen LogP contribution >= 0.6 is 0 Å². The third-order valence-corrected chi connectivity index (χ3v) is 28.2. The topological polar surface area (TPSA) is 288 Å². The third-order valence-electron chi connectivity index (χ3n) is 25.2. The van der Waals surface area contributed by atoms with E-state index in [1.165, 1.54) is 70.6 Å². The molecule has 0 radical (unpaired) electrons. The van der Waals surface area contributed by atoms with Gasteiger partial charge in [0.1, 0.15) is 44.9 Å². The van der Waals surface area contributed by atoms with Crippen molar-refractivity contribution in [2.75, 3.05) is 12.4 Å². The maximum atomic E-state index is 13.3. The van der Waals surface area contributed by atoms with Crippen LogP contribution in [0.15, 0.2) is 154 Å². The summed E-state index contributed by atoms with van der Waals surface area (Å²) in [6, 6.07) is 44.8. The van der Waals surface area contributed by atoms with Crippen LogP contribution in [0.5, 0.6) is 28.7 Å². The molecule has 5 unspecified atom stereocenters. The number of alkyl halides is 3. The van der Waals surface area contributed by atoms with E-state index in [-0.39, 0.29) is 91.5 Å². The van der Waals surface area contributed by atoms with Crippen molar-refractivity contribution in [3.63, 3.8) is 0 Å². The molecule has 25 heteroatoms. The van der Waals surface area contributed by atoms with Crippen LogP contribution in [-0.4, -0.2) is 113 Å². The molecule has 4 bridgehead atoms. The zero-order valence-corrected chi connectivity index (χ0v) is 78.0. The smallest absolute Gasteiger partial charge is 0.426 e. The molecule has 2 aliphatic heterocycles. The average molecular weight is 1760 g/mol. The molecule has 0 spiro atoms. The molecule has 2 heterocycles. The average Bonchev–Trinajstić information content (AvgIpc) is 0.779. The molecule has 8 aliphatic rings. The van der Waals surface area contributed by atoms with Crippen molar-refractivity contribution in [2.45, 2.75) is 310 Å². The van der Waals surface area contributed by atoms with Gasteiger partial charge in [0.25, 0.3) is 0 Å². The highest BCUT2D eigenvalue weighted by atomic mass is 32.2. The van der Waals surface area contributed by atoms with Crippen molar-refractivity contribution >= 4 is 68.4 Å². The molecule has 1 saturated heterocycles. The number of ether oxygens (including phenoxy) is 8. The number of esters is 6. The monoisotopic (exact) mass is 1760 g/mol. The molecule has 6 aliphatic carbocycles. The normalized spacial score (nSPS) is 19.9. The summed E-state index contributed by atoms with van der Waals surface area (Å²) in [6.45, 7) is 41.5. The Kier molecular flexibility index (Phi) is 35.0. The summed E-state index contributed by atoms with van der Waals surface area (Å²) in [5.41, 5.74) is -3.26. The molecule has 124 heavy (non-hydrogen) atoms. The summed E-state index contributed by atoms with van der Waals surface area (Å²) in [4.78, 5) is 102. The van der Waals surface area contributed by atoms with Crippen molar-refractivity contribution in [1.82, 2.24) is 0 Å². The summed E-state index contributed by atoms with van der Waals surface area (Å²) in [5, 5.41) is 10.1. The predicted molar refractivity (Wildman–Crippen MR) is 470 cm³/mol. The van der Waals surface area contributed by atoms with Gasteiger partial charge in [0, 0.05) is 24.0 Å². The molecule has 6 fully saturated rings. The number of fused-ring (bicyclic) bond motifs is 4. The SMILES string of the molecule is CC.CCC(C)(C)C(=O)OC(C)(C)C1CCCC1.CCC(C)(C)C(=O)OC12CC3CC(C1)CC(C(=O)OC(CS(=O)(=O)[O-])C(F)(F)F)(C3)C2.CCC(C)(C)C(=O)OC1CCOC1=O.CCC(C)(C)C(=O)Oc1ccc(O)c2c1C(=O)c1ccccc1C2=O.CCC(C)c1ccc(OC(C)(C)CC)cc1.c1ccc([S+]2c3ccccc3Oc3ccccc32)cc1. The molecular weight excluding hydrogens is 1630 g/mol. The maximum Gasteiger partial charge on any atom is 0.426 e. The molecular formula is C99H131F3O20S2. The van der Waals surface area contributed by atoms with E-state index >= 15 is 0 Å². The number of aromatic hydroxyl groups is 1. The third kappa shape index (κ3) is 26.1. The fourth-order valence-electron chi connectivity index (χ4n) is 15.5. The highest BCUT2D eigenvalue weighted by Gasteiger charge is 2.64. The van der Waals surface area contributed by atoms with Gasteiger partial charge in [0.05, 0.1) is 60.7 Å². The van der Waals surface area contributed by atoms with E-state index in [1.54, 1.807) is 59.7 Å². The van der Waals surface area contributed by atoms with Crippen LogP contribution in [0.3, 0.4) is 0 Å². The molecule has 5 atom stereocenters. The van der Waals surface area contributed by atoms with E-state index in [9.17, 15) is 69.6 Å². The number of halogens is 3. The Morgan fingerprint density at radius 3 is 1.56 bits per heavy atom. The second kappa shape index (κ2) is 42.5. The number of cyclic esters (lactones) is 1. The lowest BCUT2D eigenvalue weighted by Crippen LogP contribution is -2.61. The number of hydrogen-bond donors (Lipinski definition) is 1. The molecule has 6 aromatic carbocycles. The van der Waals surface area contributed by atoms with Gasteiger partial charge >= 0.3 is 42.0 Å². The highest BCUT2D eigenvalue weighted by molar-refractivity contribution is 7.97. The predicted octanol–water partition coefficient (Wildman–Crippen LogP) is 22.7. The standard InChI is InChI=1S/C20H29F3O7S.C20H18O5.C18H13OS.C15H24O.C14H26O2.C10H16O4.C2H6/c1-4-17(2,3)15(24)30-19-8-12-5-13(9-19)7-18(6-12,11-19)16(25)29-14(20(21,22)23)10-31(26,27)28;1-4-20(2,3)19(24)25-14-10-9-13(21)15-16(14)18(23)12-8-6-5-7-11(12)17(15)22;1-2-8-14(9-3-1)20-17-12-6-4-10-15(17)19-16-11-5-7-13-18(16)20;1-6-12(3)13-8-10-14(11-9-13)16-15(4,5)7-2;1-6-13(2,3)12(15)16-14(4,5)11-9-7-8-10-11;1-4-10(2,3)9(12)14-7-5-6-13-8(7)11;1-2/h12-14H,4-11H2,1-3H3,(H,26,27,28);5-10,21H,4H2,1-3H3;1-13H;8-12H,6-7H2,1-5H3;11H,6-10H2,1-5H3;7H,4-6H2,1-3H3;1-2H3/q;;+1;;;;/p-1. The Bertz CT molecular complexity index is 4730. The zero-order valence-electron chi connectivity index (χ0n) is 76.3. The first kappa shape index (κ1) is 102. The molecule has 14 rings (SSSR count). The molecule has 20 nitrogen and oxygen atoms in total. The maximum absolute atomic E-state index is 13.3. The number of carbonyl (C=O) groups excluding carboxylic acids is 8. The fourth-order valence-corrected chi connectivity index (χ4v) is 18.3. The van der Waals surface area contributed by atoms with Crippen molar-refractivity contribution in [3.05, 3.63) is 167 Å². The van der Waals surface area contributed by atoms with Crippen LogP contribution in [0.1, 0.15) is 298 Å². The number of phenolic OH excluding ortho intramolecular Hbond substituents is 1. The fraction of sp³-hybridized carbons (Fsp3) is 0.556. The minimum Gasteiger partial charge on any atom is -0.748 e. The second-order valence-electron chi connectivity index (χ2n) is 36.9. The van der Waals surface area contributed by atoms with Crippen LogP contribution in [0, 0.1) is 44.8 Å². The van der Waals surface area contributed by atoms with Crippen LogP contribution < -0.4 is 14.2 Å². The summed E-state index contributed by atoms with van der Waals surface area (Å²) >= 11 is 0. The molecule has 5 saturated carbocycles. The first-order chi connectivity index (χ1) is 57.9. The minimum absolute atomic E-state index is 0.00100. The zero-order chi connectivity index (χ0) is 92.5. The van der Waals surface area contributed by atoms with Crippen molar-refractivity contribution in [2.24, 2.45) is 44.8 Å². The molecule has 0 aromatic heterocycles. The van der Waals surface area contributed by atoms with Crippen LogP contribution in [-0.2, 0) is 73.5 Å². The molecule has 1 N–H and O–H groups in total. The number of ketones is 2. The number of rotatable bonds is 23. The molecule has 0 amide bonds. The highest BCUT2D eigenvalue weighted by Crippen LogP contribution is 2.64. The van der Waals surface area contributed by atoms with E-state index < -0.39 is 97.0 Å². The molecule has 680 valence electrons.